The topological polar surface area (TPSA) is 29.1 Å². The lowest BCUT2D eigenvalue weighted by Gasteiger charge is -2.14. The lowest BCUT2D eigenvalue weighted by atomic mass is 10.1. The van der Waals surface area contributed by atoms with Crippen LogP contribution in [0.2, 0.25) is 0 Å². The summed E-state index contributed by atoms with van der Waals surface area (Å²) in [5.74, 6) is -0.568. The van der Waals surface area contributed by atoms with Crippen LogP contribution in [0.3, 0.4) is 0 Å². The maximum absolute atomic E-state index is 12.8. The molecule has 1 amide bonds. The molecule has 0 aliphatic rings. The van der Waals surface area contributed by atoms with Gasteiger partial charge in [0, 0.05) is 16.3 Å². The Bertz CT molecular complexity index is 463. The third-order valence-electron chi connectivity index (χ3n) is 2.41. The molecule has 0 aliphatic carbocycles. The molecular formula is C12H12Br2F3NO. The number of amides is 1. The second-order valence-electron chi connectivity index (χ2n) is 4.16. The summed E-state index contributed by atoms with van der Waals surface area (Å²) in [4.78, 5) is 11.8. The summed E-state index contributed by atoms with van der Waals surface area (Å²) >= 11 is 6.21. The Labute approximate surface area is 126 Å². The summed E-state index contributed by atoms with van der Waals surface area (Å²) in [6.45, 7) is 2.19. The zero-order valence-electron chi connectivity index (χ0n) is 10.0. The van der Waals surface area contributed by atoms with E-state index in [1.54, 1.807) is 0 Å². The van der Waals surface area contributed by atoms with Gasteiger partial charge in [0.25, 0.3) is 5.91 Å². The van der Waals surface area contributed by atoms with E-state index in [1.807, 2.05) is 6.92 Å². The molecule has 1 rings (SSSR count). The molecule has 0 spiro atoms. The Morgan fingerprint density at radius 3 is 2.58 bits per heavy atom. The Balaban J connectivity index is 2.97. The van der Waals surface area contributed by atoms with Crippen LogP contribution < -0.4 is 5.32 Å². The number of hydrogen-bond donors (Lipinski definition) is 1. The quantitative estimate of drug-likeness (QED) is 0.750. The highest BCUT2D eigenvalue weighted by Crippen LogP contribution is 2.33. The van der Waals surface area contributed by atoms with Crippen LogP contribution in [-0.2, 0) is 6.18 Å². The van der Waals surface area contributed by atoms with E-state index in [2.05, 4.69) is 37.2 Å². The fourth-order valence-corrected chi connectivity index (χ4v) is 1.96. The molecule has 1 aromatic rings. The first-order valence-electron chi connectivity index (χ1n) is 5.46. The maximum Gasteiger partial charge on any atom is 0.417 e. The van der Waals surface area contributed by atoms with Gasteiger partial charge in [0.1, 0.15) is 0 Å². The standard InChI is InChI=1S/C12H12Br2F3NO/c1-7(5-13)6-18-11(19)9-3-2-8(14)4-10(9)12(15,16)17/h2-4,7H,5-6H2,1H3,(H,18,19). The Hall–Kier alpha value is -0.560. The van der Waals surface area contributed by atoms with E-state index < -0.39 is 17.6 Å². The first-order chi connectivity index (χ1) is 8.75. The van der Waals surface area contributed by atoms with E-state index >= 15 is 0 Å². The highest BCUT2D eigenvalue weighted by atomic mass is 79.9. The van der Waals surface area contributed by atoms with Crippen molar-refractivity contribution in [1.82, 2.24) is 5.32 Å². The summed E-state index contributed by atoms with van der Waals surface area (Å²) in [7, 11) is 0. The number of alkyl halides is 4. The average Bonchev–Trinajstić information content (AvgIpc) is 2.34. The van der Waals surface area contributed by atoms with Crippen LogP contribution in [0, 0.1) is 5.92 Å². The molecule has 0 saturated carbocycles. The largest absolute Gasteiger partial charge is 0.417 e. The normalized spacial score (nSPS) is 13.2. The third-order valence-corrected chi connectivity index (χ3v) is 4.00. The van der Waals surface area contributed by atoms with Crippen molar-refractivity contribution in [2.45, 2.75) is 13.1 Å². The summed E-state index contributed by atoms with van der Waals surface area (Å²) in [5.41, 5.74) is -1.30. The lowest BCUT2D eigenvalue weighted by molar-refractivity contribution is -0.138. The van der Waals surface area contributed by atoms with E-state index in [0.29, 0.717) is 11.9 Å². The number of halogens is 5. The molecule has 0 bridgehead atoms. The van der Waals surface area contributed by atoms with Crippen molar-refractivity contribution in [3.8, 4) is 0 Å². The predicted molar refractivity (Wildman–Crippen MR) is 74.4 cm³/mol. The van der Waals surface area contributed by atoms with Gasteiger partial charge in [0.2, 0.25) is 0 Å². The summed E-state index contributed by atoms with van der Waals surface area (Å²) in [5, 5.41) is 3.16. The number of nitrogens with one attached hydrogen (secondary N) is 1. The first kappa shape index (κ1) is 16.5. The van der Waals surface area contributed by atoms with E-state index in [-0.39, 0.29) is 16.0 Å². The zero-order valence-corrected chi connectivity index (χ0v) is 13.2. The van der Waals surface area contributed by atoms with Gasteiger partial charge in [-0.15, -0.1) is 0 Å². The summed E-state index contributed by atoms with van der Waals surface area (Å²) in [6.07, 6.45) is -4.56. The van der Waals surface area contributed by atoms with Crippen molar-refractivity contribution in [3.05, 3.63) is 33.8 Å². The monoisotopic (exact) mass is 401 g/mol. The molecule has 1 unspecified atom stereocenters. The molecule has 1 atom stereocenters. The van der Waals surface area contributed by atoms with E-state index in [4.69, 9.17) is 0 Å². The number of carbonyl (C=O) groups is 1. The third kappa shape index (κ3) is 4.80. The van der Waals surface area contributed by atoms with Crippen molar-refractivity contribution in [3.63, 3.8) is 0 Å². The van der Waals surface area contributed by atoms with Crippen molar-refractivity contribution < 1.29 is 18.0 Å². The van der Waals surface area contributed by atoms with Gasteiger partial charge < -0.3 is 5.32 Å². The molecule has 1 N–H and O–H groups in total. The second-order valence-corrected chi connectivity index (χ2v) is 5.72. The molecule has 19 heavy (non-hydrogen) atoms. The number of rotatable bonds is 4. The van der Waals surface area contributed by atoms with Gasteiger partial charge in [0.15, 0.2) is 0 Å². The van der Waals surface area contributed by atoms with Crippen molar-refractivity contribution in [1.29, 1.82) is 0 Å². The van der Waals surface area contributed by atoms with E-state index in [1.165, 1.54) is 12.1 Å². The smallest absolute Gasteiger partial charge is 0.352 e. The molecule has 2 nitrogen and oxygen atoms in total. The van der Waals surface area contributed by atoms with Crippen LogP contribution in [-0.4, -0.2) is 17.8 Å². The molecule has 106 valence electrons. The summed E-state index contributed by atoms with van der Waals surface area (Å²) < 4.78 is 38.8. The van der Waals surface area contributed by atoms with Gasteiger partial charge in [-0.25, -0.2) is 0 Å². The Morgan fingerprint density at radius 2 is 2.05 bits per heavy atom. The SMILES string of the molecule is CC(CBr)CNC(=O)c1ccc(Br)cc1C(F)(F)F. The summed E-state index contributed by atoms with van der Waals surface area (Å²) in [6, 6.07) is 3.49. The van der Waals surface area contributed by atoms with Gasteiger partial charge in [-0.3, -0.25) is 4.79 Å². The van der Waals surface area contributed by atoms with Crippen molar-refractivity contribution >= 4 is 37.8 Å². The Kier molecular flexibility index (Phi) is 5.85. The van der Waals surface area contributed by atoms with Crippen LogP contribution in [0.25, 0.3) is 0 Å². The second kappa shape index (κ2) is 6.74. The molecule has 0 saturated heterocycles. The number of benzene rings is 1. The molecule has 0 heterocycles. The molecule has 0 radical (unpaired) electrons. The minimum atomic E-state index is -4.56. The fourth-order valence-electron chi connectivity index (χ4n) is 1.37. The van der Waals surface area contributed by atoms with Gasteiger partial charge in [-0.05, 0) is 24.1 Å². The van der Waals surface area contributed by atoms with Crippen molar-refractivity contribution in [2.24, 2.45) is 5.92 Å². The van der Waals surface area contributed by atoms with Crippen LogP contribution in [0.4, 0.5) is 13.2 Å². The predicted octanol–water partition coefficient (Wildman–Crippen LogP) is 4.23. The van der Waals surface area contributed by atoms with Gasteiger partial charge in [-0.1, -0.05) is 38.8 Å². The zero-order chi connectivity index (χ0) is 14.6. The molecule has 7 heteroatoms. The molecule has 0 fully saturated rings. The number of carbonyl (C=O) groups excluding carboxylic acids is 1. The minimum Gasteiger partial charge on any atom is -0.352 e. The van der Waals surface area contributed by atoms with Crippen LogP contribution >= 0.6 is 31.9 Å². The fraction of sp³-hybridized carbons (Fsp3) is 0.417. The van der Waals surface area contributed by atoms with Gasteiger partial charge >= 0.3 is 6.18 Å². The van der Waals surface area contributed by atoms with Gasteiger partial charge in [0.05, 0.1) is 11.1 Å². The first-order valence-corrected chi connectivity index (χ1v) is 7.38. The van der Waals surface area contributed by atoms with E-state index in [9.17, 15) is 18.0 Å². The van der Waals surface area contributed by atoms with Crippen LogP contribution in [0.5, 0.6) is 0 Å². The average molecular weight is 403 g/mol. The lowest BCUT2D eigenvalue weighted by Crippen LogP contribution is -2.30. The van der Waals surface area contributed by atoms with Gasteiger partial charge in [-0.2, -0.15) is 13.2 Å². The van der Waals surface area contributed by atoms with Crippen LogP contribution in [0.1, 0.15) is 22.8 Å². The number of hydrogen-bond acceptors (Lipinski definition) is 1. The molecule has 0 aromatic heterocycles. The highest BCUT2D eigenvalue weighted by molar-refractivity contribution is 9.10. The minimum absolute atomic E-state index is 0.147. The Morgan fingerprint density at radius 1 is 1.42 bits per heavy atom. The van der Waals surface area contributed by atoms with Crippen LogP contribution in [0.15, 0.2) is 22.7 Å². The highest BCUT2D eigenvalue weighted by Gasteiger charge is 2.35. The van der Waals surface area contributed by atoms with E-state index in [0.717, 1.165) is 6.07 Å². The molecule has 0 aliphatic heterocycles. The maximum atomic E-state index is 12.8. The molecular weight excluding hydrogens is 391 g/mol. The van der Waals surface area contributed by atoms with Crippen molar-refractivity contribution in [2.75, 3.05) is 11.9 Å². The molecule has 1 aromatic carbocycles.